The van der Waals surface area contributed by atoms with Crippen LogP contribution in [0.2, 0.25) is 0 Å². The second-order valence-corrected chi connectivity index (χ2v) is 10.6. The molecule has 256 valence electrons. The van der Waals surface area contributed by atoms with Crippen molar-refractivity contribution in [3.05, 3.63) is 106 Å². The molecule has 3 aromatic rings. The minimum Gasteiger partial charge on any atom is -0.445 e. The predicted octanol–water partition coefficient (Wildman–Crippen LogP) is 8.26. The SMILES string of the molecule is Cl.O=C(CBr)c1ccc(F)c(C(F)(F)F)c1.O=C(CN[C@@H]1CCCN(C(=O)OCc2ccccc2)C1)c1ccc(F)c(C(F)(F)F)c1. The van der Waals surface area contributed by atoms with E-state index in [-0.39, 0.29) is 48.1 Å². The third-order valence-corrected chi connectivity index (χ3v) is 7.25. The number of rotatable bonds is 8. The van der Waals surface area contributed by atoms with Gasteiger partial charge in [-0.3, -0.25) is 9.59 Å². The highest BCUT2D eigenvalue weighted by molar-refractivity contribution is 9.09. The molecule has 1 aliphatic rings. The number of carbonyl (C=O) groups excluding carboxylic acids is 3. The first kappa shape index (κ1) is 39.6. The standard InChI is InChI=1S/C22H22F4N2O3.C9H5BrF4O.ClH/c23-19-9-8-16(11-18(19)22(24,25)26)20(29)12-27-17-7-4-10-28(13-17)21(30)31-14-15-5-2-1-3-6-15;10-4-8(15)5-1-2-7(11)6(3-5)9(12,13)14;/h1-3,5-6,8-9,11,17,27H,4,7,10,12-14H2;1-3H,4H2;1H/t17-;;/m1../s1. The fourth-order valence-electron chi connectivity index (χ4n) is 4.37. The van der Waals surface area contributed by atoms with Gasteiger partial charge in [0.25, 0.3) is 0 Å². The van der Waals surface area contributed by atoms with E-state index in [0.717, 1.165) is 17.7 Å². The molecule has 47 heavy (non-hydrogen) atoms. The number of likely N-dealkylation sites (tertiary alicyclic amines) is 1. The van der Waals surface area contributed by atoms with Gasteiger partial charge in [0.05, 0.1) is 23.0 Å². The molecule has 1 saturated heterocycles. The number of alkyl halides is 7. The van der Waals surface area contributed by atoms with Gasteiger partial charge in [0.1, 0.15) is 18.2 Å². The van der Waals surface area contributed by atoms with Gasteiger partial charge < -0.3 is 15.0 Å². The lowest BCUT2D eigenvalue weighted by atomic mass is 10.0. The molecule has 0 aromatic heterocycles. The lowest BCUT2D eigenvalue weighted by Gasteiger charge is -2.32. The van der Waals surface area contributed by atoms with Gasteiger partial charge in [0, 0.05) is 30.3 Å². The molecule has 4 rings (SSSR count). The maximum atomic E-state index is 13.4. The summed E-state index contributed by atoms with van der Waals surface area (Å²) >= 11 is 2.82. The summed E-state index contributed by atoms with van der Waals surface area (Å²) in [5.41, 5.74) is -2.42. The Morgan fingerprint density at radius 2 is 1.36 bits per heavy atom. The number of amides is 1. The second-order valence-electron chi connectivity index (χ2n) is 10.1. The molecular formula is C31H28BrClF8N2O4. The summed E-state index contributed by atoms with van der Waals surface area (Å²) in [6.45, 7) is 0.768. The van der Waals surface area contributed by atoms with E-state index < -0.39 is 52.8 Å². The Kier molecular flexibility index (Phi) is 14.8. The van der Waals surface area contributed by atoms with E-state index in [9.17, 15) is 49.5 Å². The first-order chi connectivity index (χ1) is 21.6. The first-order valence-electron chi connectivity index (χ1n) is 13.6. The molecule has 6 nitrogen and oxygen atoms in total. The highest BCUT2D eigenvalue weighted by Crippen LogP contribution is 2.33. The van der Waals surface area contributed by atoms with Gasteiger partial charge in [0.15, 0.2) is 11.6 Å². The van der Waals surface area contributed by atoms with Crippen LogP contribution in [0, 0.1) is 11.6 Å². The van der Waals surface area contributed by atoms with Crippen LogP contribution < -0.4 is 5.32 Å². The summed E-state index contributed by atoms with van der Waals surface area (Å²) in [6.07, 6.45) is -8.73. The van der Waals surface area contributed by atoms with Crippen molar-refractivity contribution in [1.82, 2.24) is 10.2 Å². The number of hydrogen-bond donors (Lipinski definition) is 1. The molecule has 0 aliphatic carbocycles. The lowest BCUT2D eigenvalue weighted by molar-refractivity contribution is -0.140. The van der Waals surface area contributed by atoms with Crippen LogP contribution in [-0.4, -0.2) is 53.6 Å². The molecule has 1 atom stereocenters. The summed E-state index contributed by atoms with van der Waals surface area (Å²) in [6, 6.07) is 13.4. The molecule has 0 unspecified atom stereocenters. The Balaban J connectivity index is 0.000000405. The van der Waals surface area contributed by atoms with Crippen molar-refractivity contribution in [2.24, 2.45) is 0 Å². The Morgan fingerprint density at radius 1 is 0.830 bits per heavy atom. The average Bonchev–Trinajstić information content (AvgIpc) is 3.02. The number of halogens is 10. The Hall–Kier alpha value is -3.56. The molecule has 0 radical (unpaired) electrons. The minimum atomic E-state index is -4.88. The number of ketones is 2. The lowest BCUT2D eigenvalue weighted by Crippen LogP contribution is -2.49. The van der Waals surface area contributed by atoms with Crippen LogP contribution in [0.15, 0.2) is 66.7 Å². The molecule has 1 amide bonds. The van der Waals surface area contributed by atoms with Crippen molar-refractivity contribution >= 4 is 46.0 Å². The van der Waals surface area contributed by atoms with Crippen LogP contribution in [0.4, 0.5) is 39.9 Å². The quantitative estimate of drug-likeness (QED) is 0.142. The predicted molar refractivity (Wildman–Crippen MR) is 162 cm³/mol. The second kappa shape index (κ2) is 17.6. The Labute approximate surface area is 279 Å². The number of Topliss-reactive ketones (excluding diaryl/α,β-unsaturated/α-hetero) is 2. The van der Waals surface area contributed by atoms with E-state index >= 15 is 0 Å². The number of nitrogens with one attached hydrogen (secondary N) is 1. The van der Waals surface area contributed by atoms with E-state index in [1.54, 1.807) is 0 Å². The van der Waals surface area contributed by atoms with Gasteiger partial charge in [-0.1, -0.05) is 46.3 Å². The molecule has 1 fully saturated rings. The van der Waals surface area contributed by atoms with Gasteiger partial charge in [-0.2, -0.15) is 26.3 Å². The van der Waals surface area contributed by atoms with Crippen LogP contribution in [0.5, 0.6) is 0 Å². The number of ether oxygens (including phenoxy) is 1. The maximum Gasteiger partial charge on any atom is 0.419 e. The van der Waals surface area contributed by atoms with Crippen LogP contribution in [0.3, 0.4) is 0 Å². The Bertz CT molecular complexity index is 1520. The van der Waals surface area contributed by atoms with E-state index in [2.05, 4.69) is 21.2 Å². The zero-order chi connectivity index (χ0) is 34.1. The van der Waals surface area contributed by atoms with Gasteiger partial charge in [-0.25, -0.2) is 13.6 Å². The fraction of sp³-hybridized carbons (Fsp3) is 0.323. The molecule has 1 aliphatic heterocycles. The van der Waals surface area contributed by atoms with Crippen LogP contribution in [0.25, 0.3) is 0 Å². The van der Waals surface area contributed by atoms with Crippen molar-refractivity contribution < 1.29 is 54.2 Å². The topological polar surface area (TPSA) is 75.7 Å². The molecule has 0 bridgehead atoms. The van der Waals surface area contributed by atoms with Crippen LogP contribution in [-0.2, 0) is 23.7 Å². The number of carbonyl (C=O) groups is 3. The fourth-order valence-corrected chi connectivity index (χ4v) is 4.69. The highest BCUT2D eigenvalue weighted by Gasteiger charge is 2.35. The number of benzene rings is 3. The molecule has 1 heterocycles. The van der Waals surface area contributed by atoms with Crippen molar-refractivity contribution in [3.63, 3.8) is 0 Å². The van der Waals surface area contributed by atoms with E-state index in [0.29, 0.717) is 50.2 Å². The number of hydrogen-bond acceptors (Lipinski definition) is 5. The van der Waals surface area contributed by atoms with Gasteiger partial charge in [0.2, 0.25) is 0 Å². The van der Waals surface area contributed by atoms with Crippen molar-refractivity contribution in [1.29, 1.82) is 0 Å². The third-order valence-electron chi connectivity index (χ3n) is 6.74. The van der Waals surface area contributed by atoms with Gasteiger partial charge >= 0.3 is 18.4 Å². The minimum absolute atomic E-state index is 0. The molecular weight excluding hydrogens is 732 g/mol. The molecule has 16 heteroatoms. The van der Waals surface area contributed by atoms with Crippen molar-refractivity contribution in [2.75, 3.05) is 25.0 Å². The van der Waals surface area contributed by atoms with E-state index in [4.69, 9.17) is 4.74 Å². The van der Waals surface area contributed by atoms with Crippen molar-refractivity contribution in [2.45, 2.75) is 37.8 Å². The zero-order valence-electron chi connectivity index (χ0n) is 24.3. The summed E-state index contributed by atoms with van der Waals surface area (Å²) in [5, 5.41) is 2.88. The van der Waals surface area contributed by atoms with Gasteiger partial charge in [-0.15, -0.1) is 12.4 Å². The van der Waals surface area contributed by atoms with Crippen molar-refractivity contribution in [3.8, 4) is 0 Å². The van der Waals surface area contributed by atoms with E-state index in [1.807, 2.05) is 30.3 Å². The third kappa shape index (κ3) is 11.9. The monoisotopic (exact) mass is 758 g/mol. The maximum absolute atomic E-state index is 13.4. The molecule has 0 spiro atoms. The molecule has 1 N–H and O–H groups in total. The summed E-state index contributed by atoms with van der Waals surface area (Å²) in [7, 11) is 0. The molecule has 3 aromatic carbocycles. The van der Waals surface area contributed by atoms with Crippen LogP contribution >= 0.6 is 28.3 Å². The number of piperidine rings is 1. The molecule has 0 saturated carbocycles. The summed E-state index contributed by atoms with van der Waals surface area (Å²) in [5.74, 6) is -3.92. The zero-order valence-corrected chi connectivity index (χ0v) is 26.7. The summed E-state index contributed by atoms with van der Waals surface area (Å²) in [4.78, 5) is 37.2. The normalized spacial score (nSPS) is 14.7. The number of nitrogens with zero attached hydrogens (tertiary/aromatic N) is 1. The summed E-state index contributed by atoms with van der Waals surface area (Å²) < 4.78 is 107. The van der Waals surface area contributed by atoms with Gasteiger partial charge in [-0.05, 0) is 54.8 Å². The largest absolute Gasteiger partial charge is 0.445 e. The smallest absolute Gasteiger partial charge is 0.419 e. The highest BCUT2D eigenvalue weighted by atomic mass is 79.9. The van der Waals surface area contributed by atoms with Crippen LogP contribution in [0.1, 0.15) is 50.2 Å². The Morgan fingerprint density at radius 3 is 1.87 bits per heavy atom. The van der Waals surface area contributed by atoms with E-state index in [1.165, 1.54) is 4.90 Å². The average molecular weight is 760 g/mol. The first-order valence-corrected chi connectivity index (χ1v) is 14.8.